The fourth-order valence-electron chi connectivity index (χ4n) is 2.81. The summed E-state index contributed by atoms with van der Waals surface area (Å²) in [5.74, 6) is -1.19. The van der Waals surface area contributed by atoms with Crippen molar-refractivity contribution >= 4 is 27.8 Å². The average molecular weight is 340 g/mol. The summed E-state index contributed by atoms with van der Waals surface area (Å²) in [7, 11) is 0. The average Bonchev–Trinajstić information content (AvgIpc) is 2.89. The van der Waals surface area contributed by atoms with Crippen molar-refractivity contribution in [3.8, 4) is 0 Å². The number of hydrogen-bond donors (Lipinski definition) is 2. The maximum atomic E-state index is 12.6. The molecule has 1 atom stereocenters. The minimum Gasteiger partial charge on any atom is -0.480 e. The number of amides is 1. The van der Waals surface area contributed by atoms with Crippen molar-refractivity contribution in [1.82, 2.24) is 5.32 Å². The van der Waals surface area contributed by atoms with Crippen molar-refractivity contribution in [3.63, 3.8) is 0 Å². The molecule has 20 heavy (non-hydrogen) atoms. The summed E-state index contributed by atoms with van der Waals surface area (Å²) < 4.78 is 0.931. The van der Waals surface area contributed by atoms with Crippen LogP contribution in [-0.2, 0) is 15.0 Å². The van der Waals surface area contributed by atoms with Gasteiger partial charge in [-0.05, 0) is 37.5 Å². The van der Waals surface area contributed by atoms with Gasteiger partial charge in [0.15, 0.2) is 0 Å². The van der Waals surface area contributed by atoms with Crippen molar-refractivity contribution in [2.45, 2.75) is 44.1 Å². The topological polar surface area (TPSA) is 66.4 Å². The molecule has 0 heterocycles. The predicted molar refractivity (Wildman–Crippen MR) is 79.5 cm³/mol. The van der Waals surface area contributed by atoms with Gasteiger partial charge >= 0.3 is 5.97 Å². The highest BCUT2D eigenvalue weighted by atomic mass is 79.9. The van der Waals surface area contributed by atoms with Crippen LogP contribution in [0.25, 0.3) is 0 Å². The van der Waals surface area contributed by atoms with Crippen LogP contribution in [0.1, 0.15) is 38.2 Å². The van der Waals surface area contributed by atoms with E-state index in [1.807, 2.05) is 24.3 Å². The second-order valence-corrected chi connectivity index (χ2v) is 6.25. The van der Waals surface area contributed by atoms with E-state index in [9.17, 15) is 9.59 Å². The van der Waals surface area contributed by atoms with E-state index >= 15 is 0 Å². The van der Waals surface area contributed by atoms with E-state index in [1.54, 1.807) is 0 Å². The van der Waals surface area contributed by atoms with Gasteiger partial charge in [-0.15, -0.1) is 0 Å². The number of benzene rings is 1. The Morgan fingerprint density at radius 2 is 2.00 bits per heavy atom. The Labute approximate surface area is 126 Å². The molecule has 1 aromatic rings. The number of carboxylic acid groups (broad SMARTS) is 1. The third-order valence-corrected chi connectivity index (χ3v) is 4.48. The number of rotatable bonds is 4. The summed E-state index contributed by atoms with van der Waals surface area (Å²) >= 11 is 3.43. The Morgan fingerprint density at radius 1 is 1.35 bits per heavy atom. The molecule has 0 bridgehead atoms. The van der Waals surface area contributed by atoms with Crippen LogP contribution in [0.4, 0.5) is 0 Å². The van der Waals surface area contributed by atoms with Gasteiger partial charge in [0, 0.05) is 4.47 Å². The molecule has 0 unspecified atom stereocenters. The maximum absolute atomic E-state index is 12.6. The molecule has 1 amide bonds. The van der Waals surface area contributed by atoms with Crippen LogP contribution >= 0.6 is 15.9 Å². The molecular weight excluding hydrogens is 322 g/mol. The second-order valence-electron chi connectivity index (χ2n) is 5.33. The van der Waals surface area contributed by atoms with Gasteiger partial charge in [0.1, 0.15) is 6.04 Å². The standard InChI is InChI=1S/C15H18BrNO3/c1-10(13(18)19)17-14(20)15(7-2-3-8-15)11-5-4-6-12(16)9-11/h4-6,9-10H,2-3,7-8H2,1H3,(H,17,20)(H,18,19)/t10-/m0/s1. The van der Waals surface area contributed by atoms with Crippen molar-refractivity contribution in [2.24, 2.45) is 0 Å². The van der Waals surface area contributed by atoms with Crippen LogP contribution in [0.5, 0.6) is 0 Å². The number of carbonyl (C=O) groups excluding carboxylic acids is 1. The Morgan fingerprint density at radius 3 is 2.55 bits per heavy atom. The minimum atomic E-state index is -1.01. The number of nitrogens with one attached hydrogen (secondary N) is 1. The molecule has 0 radical (unpaired) electrons. The third-order valence-electron chi connectivity index (χ3n) is 3.99. The number of halogens is 1. The quantitative estimate of drug-likeness (QED) is 0.886. The number of hydrogen-bond acceptors (Lipinski definition) is 2. The van der Waals surface area contributed by atoms with E-state index in [2.05, 4.69) is 21.2 Å². The van der Waals surface area contributed by atoms with Gasteiger partial charge in [-0.1, -0.05) is 40.9 Å². The summed E-state index contributed by atoms with van der Waals surface area (Å²) in [4.78, 5) is 23.5. The molecule has 0 aromatic heterocycles. The van der Waals surface area contributed by atoms with Gasteiger partial charge in [0.2, 0.25) is 5.91 Å². The molecule has 4 nitrogen and oxygen atoms in total. The first-order valence-electron chi connectivity index (χ1n) is 6.75. The Bertz CT molecular complexity index is 524. The molecule has 1 aliphatic rings. The molecule has 108 valence electrons. The molecule has 5 heteroatoms. The number of carboxylic acids is 1. The maximum Gasteiger partial charge on any atom is 0.325 e. The molecule has 1 aliphatic carbocycles. The second kappa shape index (κ2) is 5.95. The largest absolute Gasteiger partial charge is 0.480 e. The van der Waals surface area contributed by atoms with Gasteiger partial charge in [-0.25, -0.2) is 0 Å². The summed E-state index contributed by atoms with van der Waals surface area (Å²) in [5.41, 5.74) is 0.368. The van der Waals surface area contributed by atoms with E-state index in [4.69, 9.17) is 5.11 Å². The summed E-state index contributed by atoms with van der Waals surface area (Å²) in [5, 5.41) is 11.6. The van der Waals surface area contributed by atoms with Gasteiger partial charge in [-0.3, -0.25) is 9.59 Å². The summed E-state index contributed by atoms with van der Waals surface area (Å²) in [6.45, 7) is 1.49. The minimum absolute atomic E-state index is 0.178. The zero-order valence-corrected chi connectivity index (χ0v) is 12.9. The highest BCUT2D eigenvalue weighted by Gasteiger charge is 2.43. The lowest BCUT2D eigenvalue weighted by Crippen LogP contribution is -2.48. The highest BCUT2D eigenvalue weighted by Crippen LogP contribution is 2.42. The molecule has 0 aliphatic heterocycles. The molecule has 2 rings (SSSR count). The van der Waals surface area contributed by atoms with Crippen molar-refractivity contribution in [2.75, 3.05) is 0 Å². The van der Waals surface area contributed by atoms with Crippen molar-refractivity contribution in [1.29, 1.82) is 0 Å². The molecule has 1 fully saturated rings. The summed E-state index contributed by atoms with van der Waals surface area (Å²) in [6.07, 6.45) is 3.51. The van der Waals surface area contributed by atoms with Crippen molar-refractivity contribution in [3.05, 3.63) is 34.3 Å². The van der Waals surface area contributed by atoms with Gasteiger partial charge in [-0.2, -0.15) is 0 Å². The fourth-order valence-corrected chi connectivity index (χ4v) is 3.21. The fraction of sp³-hybridized carbons (Fsp3) is 0.467. The third kappa shape index (κ3) is 2.87. The lowest BCUT2D eigenvalue weighted by atomic mass is 9.78. The zero-order valence-electron chi connectivity index (χ0n) is 11.4. The first-order chi connectivity index (χ1) is 9.45. The van der Waals surface area contributed by atoms with Gasteiger partial charge in [0.25, 0.3) is 0 Å². The van der Waals surface area contributed by atoms with Crippen LogP contribution < -0.4 is 5.32 Å². The Kier molecular flexibility index (Phi) is 4.48. The number of aliphatic carboxylic acids is 1. The molecular formula is C15H18BrNO3. The van der Waals surface area contributed by atoms with Crippen LogP contribution in [0.15, 0.2) is 28.7 Å². The van der Waals surface area contributed by atoms with E-state index in [0.717, 1.165) is 35.7 Å². The van der Waals surface area contributed by atoms with Crippen LogP contribution in [0, 0.1) is 0 Å². The molecule has 1 saturated carbocycles. The van der Waals surface area contributed by atoms with Crippen molar-refractivity contribution < 1.29 is 14.7 Å². The van der Waals surface area contributed by atoms with Crippen LogP contribution in [0.2, 0.25) is 0 Å². The first kappa shape index (κ1) is 15.0. The lowest BCUT2D eigenvalue weighted by molar-refractivity contribution is -0.142. The zero-order chi connectivity index (χ0) is 14.8. The predicted octanol–water partition coefficient (Wildman–Crippen LogP) is 2.85. The van der Waals surface area contributed by atoms with E-state index in [-0.39, 0.29) is 5.91 Å². The Balaban J connectivity index is 2.30. The molecule has 2 N–H and O–H groups in total. The normalized spacial score (nSPS) is 18.5. The Hall–Kier alpha value is -1.36. The van der Waals surface area contributed by atoms with Crippen LogP contribution in [-0.4, -0.2) is 23.0 Å². The molecule has 0 saturated heterocycles. The van der Waals surface area contributed by atoms with E-state index in [0.29, 0.717) is 0 Å². The SMILES string of the molecule is C[C@H](NC(=O)C1(c2cccc(Br)c2)CCCC1)C(=O)O. The van der Waals surface area contributed by atoms with E-state index < -0.39 is 17.4 Å². The number of carbonyl (C=O) groups is 2. The first-order valence-corrected chi connectivity index (χ1v) is 7.55. The smallest absolute Gasteiger partial charge is 0.325 e. The lowest BCUT2D eigenvalue weighted by Gasteiger charge is -2.29. The van der Waals surface area contributed by atoms with Crippen LogP contribution in [0.3, 0.4) is 0 Å². The van der Waals surface area contributed by atoms with E-state index in [1.165, 1.54) is 6.92 Å². The van der Waals surface area contributed by atoms with Gasteiger partial charge in [0.05, 0.1) is 5.41 Å². The molecule has 0 spiro atoms. The molecule has 1 aromatic carbocycles. The highest BCUT2D eigenvalue weighted by molar-refractivity contribution is 9.10. The van der Waals surface area contributed by atoms with Gasteiger partial charge < -0.3 is 10.4 Å². The monoisotopic (exact) mass is 339 g/mol. The summed E-state index contributed by atoms with van der Waals surface area (Å²) in [6, 6.07) is 6.86.